The third-order valence-electron chi connectivity index (χ3n) is 3.19. The number of nitrogens with zero attached hydrogens (tertiary/aromatic N) is 2. The summed E-state index contributed by atoms with van der Waals surface area (Å²) in [4.78, 5) is 12.0. The van der Waals surface area contributed by atoms with Crippen LogP contribution in [-0.2, 0) is 6.54 Å². The Labute approximate surface area is 123 Å². The number of imidazole rings is 1. The Morgan fingerprint density at radius 2 is 2.05 bits per heavy atom. The molecule has 7 heteroatoms. The Morgan fingerprint density at radius 3 is 2.67 bits per heavy atom. The lowest BCUT2D eigenvalue weighted by molar-refractivity contribution is 0.295. The Hall–Kier alpha value is -1.99. The molecule has 0 saturated heterocycles. The number of ether oxygens (including phenoxy) is 1. The lowest BCUT2D eigenvalue weighted by Gasteiger charge is -2.08. The van der Waals surface area contributed by atoms with E-state index in [1.165, 1.54) is 0 Å². The topological polar surface area (TPSA) is 76.6 Å². The van der Waals surface area contributed by atoms with Crippen molar-refractivity contribution < 1.29 is 14.8 Å². The van der Waals surface area contributed by atoms with Gasteiger partial charge in [0, 0.05) is 18.4 Å². The van der Waals surface area contributed by atoms with Gasteiger partial charge in [-0.15, -0.1) is 0 Å². The summed E-state index contributed by atoms with van der Waals surface area (Å²) >= 11 is 0. The molecule has 1 aromatic heterocycles. The predicted octanol–water partition coefficient (Wildman–Crippen LogP) is -0.0105. The molecule has 1 heterocycles. The number of rotatable bonds is 6. The highest BCUT2D eigenvalue weighted by atomic mass is 16.5. The van der Waals surface area contributed by atoms with Crippen molar-refractivity contribution in [1.82, 2.24) is 9.13 Å². The van der Waals surface area contributed by atoms with E-state index in [9.17, 15) is 4.79 Å². The van der Waals surface area contributed by atoms with E-state index in [0.717, 1.165) is 0 Å². The van der Waals surface area contributed by atoms with Gasteiger partial charge in [0.25, 0.3) is 0 Å². The van der Waals surface area contributed by atoms with E-state index in [1.807, 2.05) is 13.8 Å². The first kappa shape index (κ1) is 15.4. The fourth-order valence-electron chi connectivity index (χ4n) is 2.02. The van der Waals surface area contributed by atoms with Crippen LogP contribution in [0.4, 0.5) is 0 Å². The van der Waals surface area contributed by atoms with Crippen LogP contribution in [-0.4, -0.2) is 32.9 Å². The van der Waals surface area contributed by atoms with Gasteiger partial charge in [0.1, 0.15) is 12.4 Å². The van der Waals surface area contributed by atoms with Gasteiger partial charge in [-0.1, -0.05) is 12.1 Å². The first-order valence-electron chi connectivity index (χ1n) is 6.85. The van der Waals surface area contributed by atoms with Gasteiger partial charge in [-0.3, -0.25) is 9.13 Å². The third kappa shape index (κ3) is 3.77. The normalized spacial score (nSPS) is 10.9. The van der Waals surface area contributed by atoms with Crippen LogP contribution in [0.2, 0.25) is 0 Å². The van der Waals surface area contributed by atoms with Crippen LogP contribution >= 0.6 is 0 Å². The fourth-order valence-corrected chi connectivity index (χ4v) is 2.02. The van der Waals surface area contributed by atoms with Gasteiger partial charge in [0.2, 0.25) is 0 Å². The van der Waals surface area contributed by atoms with Crippen LogP contribution in [0.5, 0.6) is 5.75 Å². The highest BCUT2D eigenvalue weighted by Gasteiger charge is 2.11. The van der Waals surface area contributed by atoms with E-state index in [-0.39, 0.29) is 11.7 Å². The van der Waals surface area contributed by atoms with Gasteiger partial charge in [0.05, 0.1) is 6.54 Å². The molecule has 0 amide bonds. The number of hydrogen-bond donors (Lipinski definition) is 2. The van der Waals surface area contributed by atoms with Gasteiger partial charge < -0.3 is 14.8 Å². The standard InChI is InChI=1S/C14H19BN2O4/c1-11(2)17-7-6-16(14(17)18)8-9-21-13-5-3-4-12(10-13)15(19)20/h3-7,10-11,19-20H,8-9H2,1-2H3. The zero-order chi connectivity index (χ0) is 15.4. The smallest absolute Gasteiger partial charge is 0.488 e. The molecule has 0 fully saturated rings. The Bertz CT molecular complexity index is 648. The average Bonchev–Trinajstić information content (AvgIpc) is 2.81. The largest absolute Gasteiger partial charge is 0.492 e. The molecule has 0 aliphatic rings. The molecule has 0 unspecified atom stereocenters. The molecule has 0 saturated carbocycles. The molecule has 2 aromatic rings. The molecule has 0 aliphatic heterocycles. The summed E-state index contributed by atoms with van der Waals surface area (Å²) < 4.78 is 8.78. The van der Waals surface area contributed by atoms with Gasteiger partial charge in [-0.25, -0.2) is 4.79 Å². The van der Waals surface area contributed by atoms with E-state index >= 15 is 0 Å². The summed E-state index contributed by atoms with van der Waals surface area (Å²) in [6, 6.07) is 6.71. The molecule has 0 spiro atoms. The van der Waals surface area contributed by atoms with Crippen molar-refractivity contribution in [3.8, 4) is 5.75 Å². The minimum absolute atomic E-state index is 0.0619. The maximum Gasteiger partial charge on any atom is 0.488 e. The van der Waals surface area contributed by atoms with Gasteiger partial charge >= 0.3 is 12.8 Å². The zero-order valence-electron chi connectivity index (χ0n) is 12.1. The highest BCUT2D eigenvalue weighted by Crippen LogP contribution is 2.07. The second kappa shape index (κ2) is 6.65. The molecular formula is C14H19BN2O4. The van der Waals surface area contributed by atoms with Crippen molar-refractivity contribution in [2.24, 2.45) is 0 Å². The van der Waals surface area contributed by atoms with Crippen LogP contribution < -0.4 is 15.9 Å². The minimum atomic E-state index is -1.52. The van der Waals surface area contributed by atoms with E-state index in [1.54, 1.807) is 45.8 Å². The van der Waals surface area contributed by atoms with Crippen molar-refractivity contribution >= 4 is 12.6 Å². The van der Waals surface area contributed by atoms with Crippen molar-refractivity contribution in [1.29, 1.82) is 0 Å². The van der Waals surface area contributed by atoms with Crippen LogP contribution in [0.1, 0.15) is 19.9 Å². The van der Waals surface area contributed by atoms with E-state index in [2.05, 4.69) is 0 Å². The molecule has 21 heavy (non-hydrogen) atoms. The summed E-state index contributed by atoms with van der Waals surface area (Å²) in [5.41, 5.74) is 0.309. The molecular weight excluding hydrogens is 271 g/mol. The maximum atomic E-state index is 12.0. The average molecular weight is 290 g/mol. The third-order valence-corrected chi connectivity index (χ3v) is 3.19. The van der Waals surface area contributed by atoms with Crippen LogP contribution in [0.25, 0.3) is 0 Å². The van der Waals surface area contributed by atoms with E-state index < -0.39 is 7.12 Å². The van der Waals surface area contributed by atoms with Crippen molar-refractivity contribution in [3.05, 3.63) is 47.1 Å². The first-order valence-corrected chi connectivity index (χ1v) is 6.85. The molecule has 0 radical (unpaired) electrons. The SMILES string of the molecule is CC(C)n1ccn(CCOc2cccc(B(O)O)c2)c1=O. The zero-order valence-corrected chi connectivity index (χ0v) is 12.1. The van der Waals surface area contributed by atoms with Crippen molar-refractivity contribution in [2.75, 3.05) is 6.61 Å². The summed E-state index contributed by atoms with van der Waals surface area (Å²) in [5.74, 6) is 0.539. The van der Waals surface area contributed by atoms with Crippen LogP contribution in [0.3, 0.4) is 0 Å². The number of aromatic nitrogens is 2. The molecule has 0 bridgehead atoms. The monoisotopic (exact) mass is 290 g/mol. The van der Waals surface area contributed by atoms with E-state index in [0.29, 0.717) is 24.4 Å². The molecule has 0 atom stereocenters. The molecule has 6 nitrogen and oxygen atoms in total. The van der Waals surface area contributed by atoms with E-state index in [4.69, 9.17) is 14.8 Å². The molecule has 112 valence electrons. The summed E-state index contributed by atoms with van der Waals surface area (Å²) in [5, 5.41) is 18.2. The van der Waals surface area contributed by atoms with Gasteiger partial charge in [-0.2, -0.15) is 0 Å². The lowest BCUT2D eigenvalue weighted by Crippen LogP contribution is -2.29. The number of hydrogen-bond acceptors (Lipinski definition) is 4. The fraction of sp³-hybridized carbons (Fsp3) is 0.357. The van der Waals surface area contributed by atoms with Gasteiger partial charge in [0.15, 0.2) is 0 Å². The number of benzene rings is 1. The first-order chi connectivity index (χ1) is 9.99. The molecule has 1 aromatic carbocycles. The molecule has 2 rings (SSSR count). The summed E-state index contributed by atoms with van der Waals surface area (Å²) in [6.07, 6.45) is 3.50. The summed E-state index contributed by atoms with van der Waals surface area (Å²) in [7, 11) is -1.52. The van der Waals surface area contributed by atoms with Crippen LogP contribution in [0.15, 0.2) is 41.5 Å². The quantitative estimate of drug-likeness (QED) is 0.734. The Morgan fingerprint density at radius 1 is 1.29 bits per heavy atom. The molecule has 0 aliphatic carbocycles. The molecule has 2 N–H and O–H groups in total. The second-order valence-corrected chi connectivity index (χ2v) is 5.07. The second-order valence-electron chi connectivity index (χ2n) is 5.07. The predicted molar refractivity (Wildman–Crippen MR) is 80.8 cm³/mol. The Balaban J connectivity index is 1.96. The van der Waals surface area contributed by atoms with Crippen molar-refractivity contribution in [2.45, 2.75) is 26.4 Å². The lowest BCUT2D eigenvalue weighted by atomic mass is 9.80. The van der Waals surface area contributed by atoms with Gasteiger partial charge in [-0.05, 0) is 31.4 Å². The van der Waals surface area contributed by atoms with Crippen LogP contribution in [0, 0.1) is 0 Å². The van der Waals surface area contributed by atoms with Crippen molar-refractivity contribution in [3.63, 3.8) is 0 Å². The maximum absolute atomic E-state index is 12.0. The Kier molecular flexibility index (Phi) is 4.87. The highest BCUT2D eigenvalue weighted by molar-refractivity contribution is 6.58. The minimum Gasteiger partial charge on any atom is -0.492 e. The summed E-state index contributed by atoms with van der Waals surface area (Å²) in [6.45, 7) is 4.67.